The van der Waals surface area contributed by atoms with Crippen LogP contribution in [0.25, 0.3) is 32.2 Å². The lowest BCUT2D eigenvalue weighted by atomic mass is 10.1. The number of carbonyl (C=O) groups excluding carboxylic acids is 1. The Morgan fingerprint density at radius 2 is 1.81 bits per heavy atom. The van der Waals surface area contributed by atoms with Crippen molar-refractivity contribution in [2.45, 2.75) is 72.3 Å². The number of nitrogens with zero attached hydrogens (tertiary/aromatic N) is 3. The number of rotatable bonds is 8. The summed E-state index contributed by atoms with van der Waals surface area (Å²) in [6, 6.07) is 12.8. The van der Waals surface area contributed by atoms with Crippen molar-refractivity contribution in [2.24, 2.45) is 0 Å². The van der Waals surface area contributed by atoms with Crippen LogP contribution in [0.5, 0.6) is 0 Å². The van der Waals surface area contributed by atoms with Crippen molar-refractivity contribution in [3.63, 3.8) is 0 Å². The zero-order valence-electron chi connectivity index (χ0n) is 25.8. The average molecular weight is 589 g/mol. The summed E-state index contributed by atoms with van der Waals surface area (Å²) in [7, 11) is 0. The Balaban J connectivity index is 0.000000972. The van der Waals surface area contributed by atoms with Gasteiger partial charge in [-0.3, -0.25) is 9.78 Å². The highest BCUT2D eigenvalue weighted by Crippen LogP contribution is 2.33. The normalized spacial score (nSPS) is 15.8. The van der Waals surface area contributed by atoms with Crippen molar-refractivity contribution in [1.29, 1.82) is 0 Å². The largest absolute Gasteiger partial charge is 0.384 e. The summed E-state index contributed by atoms with van der Waals surface area (Å²) in [5.41, 5.74) is 3.99. The molecule has 1 aromatic carbocycles. The van der Waals surface area contributed by atoms with Crippen LogP contribution in [0.2, 0.25) is 0 Å². The maximum absolute atomic E-state index is 12.9. The van der Waals surface area contributed by atoms with Crippen LogP contribution in [0.4, 0.5) is 5.69 Å². The van der Waals surface area contributed by atoms with Crippen molar-refractivity contribution in [2.75, 3.05) is 44.6 Å². The van der Waals surface area contributed by atoms with E-state index in [0.717, 1.165) is 88.3 Å². The van der Waals surface area contributed by atoms with Gasteiger partial charge in [-0.25, -0.2) is 4.98 Å². The fraction of sp³-hybridized carbons (Fsp3) is 0.500. The van der Waals surface area contributed by atoms with E-state index < -0.39 is 0 Å². The van der Waals surface area contributed by atoms with E-state index in [1.807, 2.05) is 46.0 Å². The number of nitrogens with one attached hydrogen (secondary N) is 3. The molecule has 2 aliphatic rings. The summed E-state index contributed by atoms with van der Waals surface area (Å²) in [4.78, 5) is 25.6. The van der Waals surface area contributed by atoms with Gasteiger partial charge in [0.05, 0.1) is 16.1 Å². The van der Waals surface area contributed by atoms with Gasteiger partial charge in [-0.05, 0) is 94.5 Å². The zero-order chi connectivity index (χ0) is 29.7. The molecule has 5 heterocycles. The molecule has 3 aromatic heterocycles. The van der Waals surface area contributed by atoms with Crippen LogP contribution in [0.3, 0.4) is 0 Å². The van der Waals surface area contributed by atoms with Crippen LogP contribution < -0.4 is 16.0 Å². The minimum absolute atomic E-state index is 0.0343. The van der Waals surface area contributed by atoms with Crippen LogP contribution in [-0.2, 0) is 0 Å². The van der Waals surface area contributed by atoms with Crippen molar-refractivity contribution >= 4 is 43.9 Å². The minimum atomic E-state index is 0.0343. The summed E-state index contributed by atoms with van der Waals surface area (Å²) in [6.07, 6.45) is 10.8. The summed E-state index contributed by atoms with van der Waals surface area (Å²) >= 11 is 1.56. The number of anilines is 1. The van der Waals surface area contributed by atoms with Crippen molar-refractivity contribution < 1.29 is 4.79 Å². The number of carbonyl (C=O) groups is 1. The monoisotopic (exact) mass is 588 g/mol. The van der Waals surface area contributed by atoms with E-state index in [1.54, 1.807) is 17.5 Å². The summed E-state index contributed by atoms with van der Waals surface area (Å²) in [5, 5.41) is 12.4. The SMILES string of the molecule is CC.CC.O=C(NC1CCNCC1)c1cc2ccc(-c3cc(NCCCN4CCCCC4)c4cnccc4n3)cc2s1. The Morgan fingerprint density at radius 3 is 2.60 bits per heavy atom. The first-order chi connectivity index (χ1) is 20.7. The Labute approximate surface area is 255 Å². The van der Waals surface area contributed by atoms with Crippen molar-refractivity contribution in [1.82, 2.24) is 25.5 Å². The summed E-state index contributed by atoms with van der Waals surface area (Å²) < 4.78 is 1.10. The van der Waals surface area contributed by atoms with Gasteiger partial charge in [-0.15, -0.1) is 11.3 Å². The van der Waals surface area contributed by atoms with E-state index in [9.17, 15) is 4.79 Å². The van der Waals surface area contributed by atoms with Crippen LogP contribution in [0.1, 0.15) is 75.9 Å². The third-order valence-electron chi connectivity index (χ3n) is 7.74. The number of hydrogen-bond acceptors (Lipinski definition) is 7. The summed E-state index contributed by atoms with van der Waals surface area (Å²) in [6.45, 7) is 14.5. The smallest absolute Gasteiger partial charge is 0.261 e. The molecule has 2 aliphatic heterocycles. The lowest BCUT2D eigenvalue weighted by Gasteiger charge is -2.26. The second-order valence-corrected chi connectivity index (χ2v) is 11.6. The molecule has 0 spiro atoms. The van der Waals surface area contributed by atoms with E-state index in [-0.39, 0.29) is 11.9 Å². The zero-order valence-corrected chi connectivity index (χ0v) is 26.7. The number of hydrogen-bond donors (Lipinski definition) is 3. The molecular formula is C34H48N6OS. The lowest BCUT2D eigenvalue weighted by molar-refractivity contribution is 0.0933. The molecule has 0 bridgehead atoms. The average Bonchev–Trinajstić information content (AvgIpc) is 3.50. The maximum atomic E-state index is 12.9. The van der Waals surface area contributed by atoms with Crippen molar-refractivity contribution in [3.8, 4) is 11.3 Å². The van der Waals surface area contributed by atoms with E-state index in [1.165, 1.54) is 32.4 Å². The molecule has 2 saturated heterocycles. The molecule has 0 radical (unpaired) electrons. The number of likely N-dealkylation sites (tertiary alicyclic amines) is 1. The van der Waals surface area contributed by atoms with Crippen LogP contribution in [-0.4, -0.2) is 66.1 Å². The highest BCUT2D eigenvalue weighted by molar-refractivity contribution is 7.20. The Hall–Kier alpha value is -3.07. The molecule has 8 heteroatoms. The van der Waals surface area contributed by atoms with Gasteiger partial charge in [0.1, 0.15) is 0 Å². The number of aromatic nitrogens is 2. The van der Waals surface area contributed by atoms with Crippen LogP contribution >= 0.6 is 11.3 Å². The highest BCUT2D eigenvalue weighted by Gasteiger charge is 2.18. The van der Waals surface area contributed by atoms with Crippen LogP contribution in [0, 0.1) is 0 Å². The molecule has 0 atom stereocenters. The standard InChI is InChI=1S/C30H36N6OS.2C2H6/c37-30(34-23-7-11-31-12-8-23)29-18-22-6-5-21(17-28(22)38-29)26-19-27(24-20-32-13-9-25(24)35-26)33-10-4-16-36-14-2-1-3-15-36;2*1-2/h5-6,9,13,17-20,23,31H,1-4,7-8,10-12,14-16H2,(H,33,35)(H,34,37);2*1-2H3. The molecule has 0 saturated carbocycles. The van der Waals surface area contributed by atoms with E-state index in [0.29, 0.717) is 0 Å². The minimum Gasteiger partial charge on any atom is -0.384 e. The summed E-state index contributed by atoms with van der Waals surface area (Å²) in [5.74, 6) is 0.0343. The molecule has 2 fully saturated rings. The first-order valence-electron chi connectivity index (χ1n) is 16.0. The Kier molecular flexibility index (Phi) is 12.5. The lowest BCUT2D eigenvalue weighted by Crippen LogP contribution is -2.42. The molecule has 42 heavy (non-hydrogen) atoms. The number of piperidine rings is 2. The van der Waals surface area contributed by atoms with E-state index >= 15 is 0 Å². The maximum Gasteiger partial charge on any atom is 0.261 e. The van der Waals surface area contributed by atoms with Gasteiger partial charge in [0.2, 0.25) is 0 Å². The molecule has 3 N–H and O–H groups in total. The number of fused-ring (bicyclic) bond motifs is 2. The molecule has 226 valence electrons. The molecule has 0 unspecified atom stereocenters. The molecule has 7 nitrogen and oxygen atoms in total. The van der Waals surface area contributed by atoms with Gasteiger partial charge < -0.3 is 20.9 Å². The highest BCUT2D eigenvalue weighted by atomic mass is 32.1. The Morgan fingerprint density at radius 1 is 1.02 bits per heavy atom. The molecule has 6 rings (SSSR count). The van der Waals surface area contributed by atoms with Gasteiger partial charge in [0.15, 0.2) is 0 Å². The molecule has 1 amide bonds. The first-order valence-corrected chi connectivity index (χ1v) is 16.8. The fourth-order valence-corrected chi connectivity index (χ4v) is 6.60. The Bertz CT molecular complexity index is 1410. The van der Waals surface area contributed by atoms with Gasteiger partial charge in [0, 0.05) is 46.3 Å². The fourth-order valence-electron chi connectivity index (χ4n) is 5.60. The van der Waals surface area contributed by atoms with E-state index in [2.05, 4.69) is 50.1 Å². The molecular weight excluding hydrogens is 540 g/mol. The third-order valence-corrected chi connectivity index (χ3v) is 8.84. The molecule has 0 aliphatic carbocycles. The number of benzene rings is 1. The van der Waals surface area contributed by atoms with Crippen LogP contribution in [0.15, 0.2) is 48.8 Å². The van der Waals surface area contributed by atoms with Crippen molar-refractivity contribution in [3.05, 3.63) is 53.7 Å². The van der Waals surface area contributed by atoms with Gasteiger partial charge >= 0.3 is 0 Å². The number of thiophene rings is 1. The topological polar surface area (TPSA) is 82.2 Å². The van der Waals surface area contributed by atoms with E-state index in [4.69, 9.17) is 4.98 Å². The second-order valence-electron chi connectivity index (χ2n) is 10.5. The third kappa shape index (κ3) is 8.27. The number of pyridine rings is 2. The first kappa shape index (κ1) is 31.9. The van der Waals surface area contributed by atoms with Gasteiger partial charge in [-0.1, -0.05) is 46.2 Å². The van der Waals surface area contributed by atoms with Gasteiger partial charge in [0.25, 0.3) is 5.91 Å². The number of amides is 1. The predicted molar refractivity (Wildman–Crippen MR) is 180 cm³/mol. The quantitative estimate of drug-likeness (QED) is 0.187. The molecule has 4 aromatic rings. The van der Waals surface area contributed by atoms with Gasteiger partial charge in [-0.2, -0.15) is 0 Å². The second kappa shape index (κ2) is 16.5. The predicted octanol–water partition coefficient (Wildman–Crippen LogP) is 7.33.